The zero-order valence-corrected chi connectivity index (χ0v) is 13.5. The van der Waals surface area contributed by atoms with Crippen molar-refractivity contribution in [2.24, 2.45) is 11.5 Å². The van der Waals surface area contributed by atoms with Crippen molar-refractivity contribution in [3.63, 3.8) is 0 Å². The minimum absolute atomic E-state index is 0.0405. The molecule has 2 amide bonds. The van der Waals surface area contributed by atoms with Crippen LogP contribution in [0.4, 0.5) is 0 Å². The lowest BCUT2D eigenvalue weighted by atomic mass is 10.2. The fraction of sp³-hybridized carbons (Fsp3) is 0.786. The molecule has 0 aliphatic heterocycles. The standard InChI is InChI=1S/C14H26N4O2S/c1-17(8-6-13(16)21)14(20)7-9-18(10-12(15)19)11-4-2-3-5-11/h11H,2-10H2,1H3,(H2,15,19)(H2,16,21). The molecule has 7 heteroatoms. The average Bonchev–Trinajstić information content (AvgIpc) is 2.93. The largest absolute Gasteiger partial charge is 0.393 e. The van der Waals surface area contributed by atoms with Gasteiger partial charge in [0.2, 0.25) is 11.8 Å². The molecule has 0 aromatic rings. The Morgan fingerprint density at radius 1 is 1.14 bits per heavy atom. The highest BCUT2D eigenvalue weighted by Crippen LogP contribution is 2.23. The maximum atomic E-state index is 12.1. The molecule has 120 valence electrons. The van der Waals surface area contributed by atoms with Crippen LogP contribution in [0.25, 0.3) is 0 Å². The van der Waals surface area contributed by atoms with Crippen LogP contribution in [0.1, 0.15) is 38.5 Å². The van der Waals surface area contributed by atoms with Gasteiger partial charge in [-0.05, 0) is 12.8 Å². The van der Waals surface area contributed by atoms with E-state index in [9.17, 15) is 9.59 Å². The first-order valence-corrected chi connectivity index (χ1v) is 7.85. The monoisotopic (exact) mass is 314 g/mol. The summed E-state index contributed by atoms with van der Waals surface area (Å²) in [5.74, 6) is -0.296. The molecule has 0 aromatic heterocycles. The van der Waals surface area contributed by atoms with Crippen LogP contribution >= 0.6 is 12.2 Å². The first kappa shape index (κ1) is 17.8. The summed E-state index contributed by atoms with van der Waals surface area (Å²) in [6.45, 7) is 1.34. The molecular weight excluding hydrogens is 288 g/mol. The number of rotatable bonds is 9. The molecule has 1 rings (SSSR count). The molecule has 0 unspecified atom stereocenters. The van der Waals surface area contributed by atoms with Crippen molar-refractivity contribution in [3.05, 3.63) is 0 Å². The van der Waals surface area contributed by atoms with Crippen molar-refractivity contribution in [1.82, 2.24) is 9.80 Å². The number of nitrogens with two attached hydrogens (primary N) is 2. The van der Waals surface area contributed by atoms with Crippen LogP contribution in [-0.2, 0) is 9.59 Å². The molecule has 21 heavy (non-hydrogen) atoms. The second-order valence-corrected chi connectivity index (χ2v) is 6.18. The summed E-state index contributed by atoms with van der Waals surface area (Å²) in [7, 11) is 1.74. The molecule has 0 atom stereocenters. The first-order chi connectivity index (χ1) is 9.90. The number of carbonyl (C=O) groups excluding carboxylic acids is 2. The maximum Gasteiger partial charge on any atom is 0.231 e. The number of hydrogen-bond donors (Lipinski definition) is 2. The molecule has 0 heterocycles. The number of thiocarbonyl (C=S) groups is 1. The first-order valence-electron chi connectivity index (χ1n) is 7.44. The summed E-state index contributed by atoms with van der Waals surface area (Å²) in [6.07, 6.45) is 5.45. The second-order valence-electron chi connectivity index (χ2n) is 5.66. The van der Waals surface area contributed by atoms with E-state index in [4.69, 9.17) is 23.7 Å². The molecule has 1 fully saturated rings. The third-order valence-corrected chi connectivity index (χ3v) is 4.14. The van der Waals surface area contributed by atoms with E-state index < -0.39 is 0 Å². The SMILES string of the molecule is CN(CCC(N)=S)C(=O)CCN(CC(N)=O)C1CCCC1. The van der Waals surface area contributed by atoms with Gasteiger partial charge in [0.15, 0.2) is 0 Å². The predicted molar refractivity (Wildman–Crippen MR) is 86.7 cm³/mol. The molecular formula is C14H26N4O2S. The molecule has 0 radical (unpaired) electrons. The molecule has 1 saturated carbocycles. The van der Waals surface area contributed by atoms with Gasteiger partial charge in [0.05, 0.1) is 11.5 Å². The van der Waals surface area contributed by atoms with Crippen molar-refractivity contribution in [2.45, 2.75) is 44.6 Å². The van der Waals surface area contributed by atoms with Crippen LogP contribution in [0, 0.1) is 0 Å². The van der Waals surface area contributed by atoms with Gasteiger partial charge in [0, 0.05) is 39.0 Å². The minimum Gasteiger partial charge on any atom is -0.393 e. The van der Waals surface area contributed by atoms with Gasteiger partial charge in [-0.25, -0.2) is 0 Å². The zero-order valence-electron chi connectivity index (χ0n) is 12.7. The summed E-state index contributed by atoms with van der Waals surface area (Å²) in [4.78, 5) is 27.3. The third-order valence-electron chi connectivity index (χ3n) is 3.93. The zero-order chi connectivity index (χ0) is 15.8. The molecule has 4 N–H and O–H groups in total. The number of amides is 2. The molecule has 6 nitrogen and oxygen atoms in total. The van der Waals surface area contributed by atoms with Crippen LogP contribution < -0.4 is 11.5 Å². The molecule has 1 aliphatic carbocycles. The van der Waals surface area contributed by atoms with E-state index in [1.165, 1.54) is 12.8 Å². The summed E-state index contributed by atoms with van der Waals surface area (Å²) >= 11 is 4.81. The van der Waals surface area contributed by atoms with E-state index in [1.807, 2.05) is 0 Å². The van der Waals surface area contributed by atoms with Crippen molar-refractivity contribution in [3.8, 4) is 0 Å². The Hall–Kier alpha value is -1.21. The molecule has 0 saturated heterocycles. The van der Waals surface area contributed by atoms with Gasteiger partial charge in [-0.1, -0.05) is 25.1 Å². The molecule has 0 bridgehead atoms. The number of hydrogen-bond acceptors (Lipinski definition) is 4. The van der Waals surface area contributed by atoms with Crippen LogP contribution in [0.5, 0.6) is 0 Å². The Morgan fingerprint density at radius 3 is 2.29 bits per heavy atom. The highest BCUT2D eigenvalue weighted by molar-refractivity contribution is 7.80. The molecule has 0 aromatic carbocycles. The molecule has 0 spiro atoms. The summed E-state index contributed by atoms with van der Waals surface area (Å²) < 4.78 is 0. The summed E-state index contributed by atoms with van der Waals surface area (Å²) in [5, 5.41) is 0. The van der Waals surface area contributed by atoms with Crippen LogP contribution in [-0.4, -0.2) is 59.3 Å². The average molecular weight is 314 g/mol. The van der Waals surface area contributed by atoms with E-state index in [2.05, 4.69) is 4.90 Å². The van der Waals surface area contributed by atoms with Crippen LogP contribution in [0.2, 0.25) is 0 Å². The van der Waals surface area contributed by atoms with Gasteiger partial charge in [-0.15, -0.1) is 0 Å². The topological polar surface area (TPSA) is 92.7 Å². The van der Waals surface area contributed by atoms with Crippen LogP contribution in [0.3, 0.4) is 0 Å². The summed E-state index contributed by atoms with van der Waals surface area (Å²) in [5.41, 5.74) is 10.7. The fourth-order valence-corrected chi connectivity index (χ4v) is 2.78. The highest BCUT2D eigenvalue weighted by atomic mass is 32.1. The normalized spacial score (nSPS) is 15.3. The lowest BCUT2D eigenvalue weighted by Gasteiger charge is -2.28. The van der Waals surface area contributed by atoms with E-state index in [-0.39, 0.29) is 18.4 Å². The maximum absolute atomic E-state index is 12.1. The van der Waals surface area contributed by atoms with Gasteiger partial charge < -0.3 is 16.4 Å². The Balaban J connectivity index is 2.41. The highest BCUT2D eigenvalue weighted by Gasteiger charge is 2.24. The minimum atomic E-state index is -0.337. The smallest absolute Gasteiger partial charge is 0.231 e. The Kier molecular flexibility index (Phi) is 7.60. The van der Waals surface area contributed by atoms with Gasteiger partial charge in [-0.2, -0.15) is 0 Å². The van der Waals surface area contributed by atoms with E-state index in [0.717, 1.165) is 12.8 Å². The van der Waals surface area contributed by atoms with Gasteiger partial charge in [0.1, 0.15) is 0 Å². The Labute approximate surface area is 131 Å². The van der Waals surface area contributed by atoms with Gasteiger partial charge in [-0.3, -0.25) is 14.5 Å². The van der Waals surface area contributed by atoms with Gasteiger partial charge in [0.25, 0.3) is 0 Å². The number of primary amides is 1. The lowest BCUT2D eigenvalue weighted by Crippen LogP contribution is -2.42. The van der Waals surface area contributed by atoms with E-state index in [1.54, 1.807) is 11.9 Å². The Morgan fingerprint density at radius 2 is 1.76 bits per heavy atom. The number of carbonyl (C=O) groups is 2. The fourth-order valence-electron chi connectivity index (χ4n) is 2.69. The van der Waals surface area contributed by atoms with Crippen molar-refractivity contribution in [2.75, 3.05) is 26.7 Å². The van der Waals surface area contributed by atoms with Crippen molar-refractivity contribution >= 4 is 29.0 Å². The van der Waals surface area contributed by atoms with Crippen LogP contribution in [0.15, 0.2) is 0 Å². The third kappa shape index (κ3) is 6.86. The lowest BCUT2D eigenvalue weighted by molar-refractivity contribution is -0.130. The quantitative estimate of drug-likeness (QED) is 0.595. The van der Waals surface area contributed by atoms with Gasteiger partial charge >= 0.3 is 0 Å². The summed E-state index contributed by atoms with van der Waals surface area (Å²) in [6, 6.07) is 0.382. The van der Waals surface area contributed by atoms with Crippen molar-refractivity contribution < 1.29 is 9.59 Å². The Bertz CT molecular complexity index is 383. The number of nitrogens with zero attached hydrogens (tertiary/aromatic N) is 2. The van der Waals surface area contributed by atoms with E-state index in [0.29, 0.717) is 37.0 Å². The van der Waals surface area contributed by atoms with E-state index >= 15 is 0 Å². The molecule has 1 aliphatic rings. The predicted octanol–water partition coefficient (Wildman–Crippen LogP) is 0.241. The van der Waals surface area contributed by atoms with Crippen molar-refractivity contribution in [1.29, 1.82) is 0 Å². The second kappa shape index (κ2) is 8.94.